The first-order valence-electron chi connectivity index (χ1n) is 7.49. The van der Waals surface area contributed by atoms with Crippen LogP contribution in [-0.4, -0.2) is 56.6 Å². The Bertz CT molecular complexity index is 481. The summed E-state index contributed by atoms with van der Waals surface area (Å²) >= 11 is 0. The molecule has 3 rings (SSSR count). The lowest BCUT2D eigenvalue weighted by atomic mass is 9.73. The van der Waals surface area contributed by atoms with Crippen molar-refractivity contribution in [2.24, 2.45) is 5.41 Å². The second-order valence-corrected chi connectivity index (χ2v) is 5.89. The molecule has 2 fully saturated rings. The highest BCUT2D eigenvalue weighted by molar-refractivity contribution is 5.42. The third-order valence-corrected chi connectivity index (χ3v) is 4.58. The molecule has 1 aromatic heterocycles. The maximum absolute atomic E-state index is 6.00. The largest absolute Gasteiger partial charge is 0.481 e. The fraction of sp³-hybridized carbons (Fsp3) is 0.733. The third-order valence-electron chi connectivity index (χ3n) is 4.58. The summed E-state index contributed by atoms with van der Waals surface area (Å²) in [6.45, 7) is 3.45. The second kappa shape index (κ2) is 6.15. The van der Waals surface area contributed by atoms with E-state index in [1.165, 1.54) is 0 Å². The number of hydrogen-bond acceptors (Lipinski definition) is 6. The molecule has 2 saturated heterocycles. The average molecular weight is 293 g/mol. The van der Waals surface area contributed by atoms with Crippen LogP contribution in [0.25, 0.3) is 0 Å². The van der Waals surface area contributed by atoms with Crippen molar-refractivity contribution >= 4 is 5.82 Å². The van der Waals surface area contributed by atoms with Gasteiger partial charge in [0.2, 0.25) is 5.88 Å². The Morgan fingerprint density at radius 2 is 2.33 bits per heavy atom. The van der Waals surface area contributed by atoms with Crippen LogP contribution in [0.5, 0.6) is 5.88 Å². The molecule has 0 spiro atoms. The standard InChI is InChI=1S/C15H23N3O3/c1-19-10-15-5-3-7-21-12(15)4-6-18(9-15)13-8-14(20-2)17-11-16-13/h8,11-12H,3-7,9-10H2,1-2H3/t12-,15-/m1/s1. The molecule has 0 saturated carbocycles. The zero-order valence-corrected chi connectivity index (χ0v) is 12.7. The number of methoxy groups -OCH3 is 2. The van der Waals surface area contributed by atoms with Crippen molar-refractivity contribution in [2.75, 3.05) is 45.4 Å². The van der Waals surface area contributed by atoms with Gasteiger partial charge in [-0.2, -0.15) is 0 Å². The third kappa shape index (κ3) is 2.82. The van der Waals surface area contributed by atoms with E-state index in [4.69, 9.17) is 14.2 Å². The predicted octanol–water partition coefficient (Wildman–Crippen LogP) is 1.51. The van der Waals surface area contributed by atoms with Gasteiger partial charge in [0.25, 0.3) is 0 Å². The summed E-state index contributed by atoms with van der Waals surface area (Å²) < 4.78 is 16.7. The van der Waals surface area contributed by atoms with E-state index in [2.05, 4.69) is 14.9 Å². The molecule has 0 aliphatic carbocycles. The van der Waals surface area contributed by atoms with Crippen LogP contribution in [0.3, 0.4) is 0 Å². The Kier molecular flexibility index (Phi) is 4.26. The van der Waals surface area contributed by atoms with E-state index in [0.29, 0.717) is 12.0 Å². The minimum absolute atomic E-state index is 0.0729. The highest BCUT2D eigenvalue weighted by Gasteiger charge is 2.46. The van der Waals surface area contributed by atoms with Crippen LogP contribution in [0, 0.1) is 5.41 Å². The van der Waals surface area contributed by atoms with Crippen molar-refractivity contribution in [3.63, 3.8) is 0 Å². The molecule has 3 heterocycles. The molecular weight excluding hydrogens is 270 g/mol. The molecule has 0 radical (unpaired) electrons. The summed E-state index contributed by atoms with van der Waals surface area (Å²) in [5, 5.41) is 0. The zero-order valence-electron chi connectivity index (χ0n) is 12.7. The number of nitrogens with zero attached hydrogens (tertiary/aromatic N) is 3. The fourth-order valence-corrected chi connectivity index (χ4v) is 3.60. The molecule has 0 aromatic carbocycles. The molecule has 2 atom stereocenters. The van der Waals surface area contributed by atoms with E-state index in [0.717, 1.165) is 51.4 Å². The van der Waals surface area contributed by atoms with E-state index >= 15 is 0 Å². The molecular formula is C15H23N3O3. The summed E-state index contributed by atoms with van der Waals surface area (Å²) in [5.74, 6) is 1.52. The minimum Gasteiger partial charge on any atom is -0.481 e. The van der Waals surface area contributed by atoms with Crippen molar-refractivity contribution in [1.82, 2.24) is 9.97 Å². The van der Waals surface area contributed by atoms with E-state index in [1.807, 2.05) is 6.07 Å². The molecule has 0 unspecified atom stereocenters. The molecule has 6 heteroatoms. The van der Waals surface area contributed by atoms with E-state index in [9.17, 15) is 0 Å². The topological polar surface area (TPSA) is 56.7 Å². The van der Waals surface area contributed by atoms with Gasteiger partial charge in [-0.15, -0.1) is 0 Å². The quantitative estimate of drug-likeness (QED) is 0.838. The van der Waals surface area contributed by atoms with Gasteiger partial charge < -0.3 is 19.1 Å². The summed E-state index contributed by atoms with van der Waals surface area (Å²) in [7, 11) is 3.40. The monoisotopic (exact) mass is 293 g/mol. The summed E-state index contributed by atoms with van der Waals surface area (Å²) in [6.07, 6.45) is 5.10. The first-order chi connectivity index (χ1) is 10.3. The van der Waals surface area contributed by atoms with Gasteiger partial charge in [-0.3, -0.25) is 0 Å². The molecule has 0 bridgehead atoms. The Labute approximate surface area is 125 Å². The van der Waals surface area contributed by atoms with Crippen LogP contribution in [0.1, 0.15) is 19.3 Å². The first kappa shape index (κ1) is 14.5. The number of rotatable bonds is 4. The number of hydrogen-bond donors (Lipinski definition) is 0. The number of piperidine rings is 1. The van der Waals surface area contributed by atoms with Crippen molar-refractivity contribution in [2.45, 2.75) is 25.4 Å². The Morgan fingerprint density at radius 1 is 1.43 bits per heavy atom. The van der Waals surface area contributed by atoms with Crippen LogP contribution in [0.15, 0.2) is 12.4 Å². The van der Waals surface area contributed by atoms with Gasteiger partial charge in [0.1, 0.15) is 12.1 Å². The molecule has 2 aliphatic heterocycles. The summed E-state index contributed by atoms with van der Waals surface area (Å²) in [4.78, 5) is 10.8. The highest BCUT2D eigenvalue weighted by atomic mass is 16.5. The van der Waals surface area contributed by atoms with Gasteiger partial charge in [-0.1, -0.05) is 0 Å². The number of ether oxygens (including phenoxy) is 3. The van der Waals surface area contributed by atoms with Crippen LogP contribution < -0.4 is 9.64 Å². The summed E-state index contributed by atoms with van der Waals surface area (Å²) in [6, 6.07) is 1.89. The van der Waals surface area contributed by atoms with Crippen molar-refractivity contribution in [3.8, 4) is 5.88 Å². The maximum atomic E-state index is 6.00. The van der Waals surface area contributed by atoms with Crippen molar-refractivity contribution in [1.29, 1.82) is 0 Å². The minimum atomic E-state index is 0.0729. The van der Waals surface area contributed by atoms with Crippen molar-refractivity contribution < 1.29 is 14.2 Å². The Morgan fingerprint density at radius 3 is 3.14 bits per heavy atom. The second-order valence-electron chi connectivity index (χ2n) is 5.89. The predicted molar refractivity (Wildman–Crippen MR) is 78.7 cm³/mol. The smallest absolute Gasteiger partial charge is 0.218 e. The normalized spacial score (nSPS) is 29.0. The molecule has 2 aliphatic rings. The maximum Gasteiger partial charge on any atom is 0.218 e. The number of fused-ring (bicyclic) bond motifs is 1. The SMILES string of the molecule is COC[C@]12CCCO[C@@H]1CCN(c1cc(OC)ncn1)C2. The van der Waals surface area contributed by atoms with Crippen molar-refractivity contribution in [3.05, 3.63) is 12.4 Å². The Balaban J connectivity index is 1.81. The molecule has 1 aromatic rings. The van der Waals surface area contributed by atoms with E-state index in [1.54, 1.807) is 20.5 Å². The Hall–Kier alpha value is -1.40. The molecule has 0 N–H and O–H groups in total. The van der Waals surface area contributed by atoms with Gasteiger partial charge in [0, 0.05) is 38.3 Å². The van der Waals surface area contributed by atoms with Crippen LogP contribution in [-0.2, 0) is 9.47 Å². The molecule has 21 heavy (non-hydrogen) atoms. The van der Waals surface area contributed by atoms with Gasteiger partial charge in [-0.25, -0.2) is 9.97 Å². The molecule has 6 nitrogen and oxygen atoms in total. The zero-order chi connectivity index (χ0) is 14.7. The van der Waals surface area contributed by atoms with E-state index in [-0.39, 0.29) is 5.41 Å². The highest BCUT2D eigenvalue weighted by Crippen LogP contribution is 2.41. The lowest BCUT2D eigenvalue weighted by molar-refractivity contribution is -0.119. The van der Waals surface area contributed by atoms with Gasteiger partial charge >= 0.3 is 0 Å². The average Bonchev–Trinajstić information content (AvgIpc) is 2.54. The van der Waals surface area contributed by atoms with Gasteiger partial charge in [0.15, 0.2) is 0 Å². The summed E-state index contributed by atoms with van der Waals surface area (Å²) in [5.41, 5.74) is 0.0729. The fourth-order valence-electron chi connectivity index (χ4n) is 3.60. The molecule has 116 valence electrons. The van der Waals surface area contributed by atoms with Gasteiger partial charge in [0.05, 0.1) is 19.8 Å². The van der Waals surface area contributed by atoms with E-state index < -0.39 is 0 Å². The van der Waals surface area contributed by atoms with Crippen LogP contribution >= 0.6 is 0 Å². The van der Waals surface area contributed by atoms with Gasteiger partial charge in [-0.05, 0) is 19.3 Å². The lowest BCUT2D eigenvalue weighted by Crippen LogP contribution is -2.57. The molecule has 0 amide bonds. The van der Waals surface area contributed by atoms with Crippen LogP contribution in [0.2, 0.25) is 0 Å². The van der Waals surface area contributed by atoms with Crippen LogP contribution in [0.4, 0.5) is 5.82 Å². The number of anilines is 1. The first-order valence-corrected chi connectivity index (χ1v) is 7.49. The lowest BCUT2D eigenvalue weighted by Gasteiger charge is -2.50. The number of aromatic nitrogens is 2.